The zero-order chi connectivity index (χ0) is 35.7. The van der Waals surface area contributed by atoms with Crippen molar-refractivity contribution < 1.29 is 23.4 Å². The summed E-state index contributed by atoms with van der Waals surface area (Å²) in [6, 6.07) is 6.16. The van der Waals surface area contributed by atoms with Crippen LogP contribution >= 0.6 is 11.6 Å². The average Bonchev–Trinajstić information content (AvgIpc) is 3.82. The van der Waals surface area contributed by atoms with Gasteiger partial charge >= 0.3 is 12.1 Å². The number of aryl methyl sites for hydroxylation is 1. The highest BCUT2D eigenvalue weighted by Gasteiger charge is 2.51. The fourth-order valence-electron chi connectivity index (χ4n) is 8.25. The third-order valence-electron chi connectivity index (χ3n) is 11.0. The first-order valence-corrected chi connectivity index (χ1v) is 18.6. The minimum absolute atomic E-state index is 0.0995. The van der Waals surface area contributed by atoms with Gasteiger partial charge in [0.15, 0.2) is 5.82 Å². The van der Waals surface area contributed by atoms with Gasteiger partial charge in [0.05, 0.1) is 5.02 Å². The van der Waals surface area contributed by atoms with Gasteiger partial charge in [-0.1, -0.05) is 23.7 Å². The number of amides is 1. The average molecular weight is 720 g/mol. The molecule has 11 nitrogen and oxygen atoms in total. The molecule has 0 radical (unpaired) electrons. The van der Waals surface area contributed by atoms with Crippen LogP contribution < -0.4 is 9.64 Å². The summed E-state index contributed by atoms with van der Waals surface area (Å²) < 4.78 is 37.0. The van der Waals surface area contributed by atoms with Gasteiger partial charge in [0.25, 0.3) is 0 Å². The van der Waals surface area contributed by atoms with E-state index in [-0.39, 0.29) is 45.9 Å². The van der Waals surface area contributed by atoms with Crippen LogP contribution in [0.4, 0.5) is 15.0 Å². The molecule has 4 saturated heterocycles. The Bertz CT molecular complexity index is 1980. The van der Waals surface area contributed by atoms with E-state index in [0.717, 1.165) is 56.0 Å². The molecule has 2 aromatic heterocycles. The molecule has 2 atom stereocenters. The van der Waals surface area contributed by atoms with Gasteiger partial charge < -0.3 is 28.9 Å². The molecule has 4 fully saturated rings. The fraction of sp³-hybridized carbons (Fsp3) is 0.579. The lowest BCUT2D eigenvalue weighted by atomic mass is 9.79. The maximum atomic E-state index is 17.3. The number of rotatable bonds is 6. The molecule has 0 bridgehead atoms. The van der Waals surface area contributed by atoms with Crippen LogP contribution in [0.15, 0.2) is 24.4 Å². The number of aromatic nitrogens is 4. The number of hydrogen-bond acceptors (Lipinski definition) is 9. The molecule has 6 heterocycles. The maximum absolute atomic E-state index is 17.3. The number of halogens is 2. The minimum atomic E-state index is -0.554. The molecule has 0 N–H and O–H groups in total. The first kappa shape index (κ1) is 34.4. The Hall–Kier alpha value is -3.74. The number of likely N-dealkylation sites (N-methyl/N-ethyl adjacent to an activating group) is 1. The van der Waals surface area contributed by atoms with E-state index in [1.807, 2.05) is 50.7 Å². The van der Waals surface area contributed by atoms with E-state index < -0.39 is 11.4 Å². The standard InChI is InChI=1S/C38H47ClFN7O4/c1-23-11-12-24-18-47(28-10-6-7-16-49-28)43-32(24)29(23)30-27(39)17-26-33(31(30)40)41-35(50-19-25-9-8-14-44(25)5)42-34(26)45-15-13-38(20-45)21-46(22-38)36(48)51-37(2,3)4/h11-12,17-18,25,28H,6-10,13-16,19-22H2,1-5H3. The molecule has 0 aliphatic carbocycles. The Kier molecular flexibility index (Phi) is 8.78. The van der Waals surface area contributed by atoms with E-state index in [1.54, 1.807) is 11.0 Å². The number of carbonyl (C=O) groups excluding carboxylic acids is 1. The van der Waals surface area contributed by atoms with Crippen molar-refractivity contribution in [3.05, 3.63) is 40.8 Å². The third kappa shape index (κ3) is 6.48. The summed E-state index contributed by atoms with van der Waals surface area (Å²) in [5.74, 6) is 0.0556. The third-order valence-corrected chi connectivity index (χ3v) is 11.3. The quantitative estimate of drug-likeness (QED) is 0.202. The van der Waals surface area contributed by atoms with Crippen molar-refractivity contribution in [3.8, 4) is 17.1 Å². The van der Waals surface area contributed by atoms with Crippen LogP contribution in [0.2, 0.25) is 5.02 Å². The maximum Gasteiger partial charge on any atom is 0.410 e. The molecule has 272 valence electrons. The molecular weight excluding hydrogens is 673 g/mol. The van der Waals surface area contributed by atoms with E-state index in [4.69, 9.17) is 40.9 Å². The first-order valence-electron chi connectivity index (χ1n) is 18.2. The Morgan fingerprint density at radius 2 is 1.90 bits per heavy atom. The predicted molar refractivity (Wildman–Crippen MR) is 195 cm³/mol. The monoisotopic (exact) mass is 719 g/mol. The second-order valence-electron chi connectivity index (χ2n) is 16.0. The molecule has 4 aliphatic rings. The number of ether oxygens (including phenoxy) is 3. The van der Waals surface area contributed by atoms with Gasteiger partial charge in [-0.05, 0) is 91.4 Å². The summed E-state index contributed by atoms with van der Waals surface area (Å²) in [6.45, 7) is 12.2. The van der Waals surface area contributed by atoms with Gasteiger partial charge in [-0.15, -0.1) is 0 Å². The molecule has 4 aliphatic heterocycles. The van der Waals surface area contributed by atoms with Gasteiger partial charge in [-0.25, -0.2) is 13.9 Å². The molecule has 13 heteroatoms. The summed E-state index contributed by atoms with van der Waals surface area (Å²) in [7, 11) is 2.09. The predicted octanol–water partition coefficient (Wildman–Crippen LogP) is 7.37. The summed E-state index contributed by atoms with van der Waals surface area (Å²) in [6.07, 6.45) is 7.50. The molecule has 0 saturated carbocycles. The van der Waals surface area contributed by atoms with Crippen molar-refractivity contribution in [3.63, 3.8) is 0 Å². The Morgan fingerprint density at radius 3 is 2.63 bits per heavy atom. The summed E-state index contributed by atoms with van der Waals surface area (Å²) >= 11 is 7.09. The van der Waals surface area contributed by atoms with Crippen LogP contribution in [0.25, 0.3) is 32.9 Å². The second kappa shape index (κ2) is 13.0. The van der Waals surface area contributed by atoms with Crippen LogP contribution in [-0.2, 0) is 9.47 Å². The fourth-order valence-corrected chi connectivity index (χ4v) is 8.54. The zero-order valence-electron chi connectivity index (χ0n) is 30.2. The van der Waals surface area contributed by atoms with E-state index in [9.17, 15) is 4.79 Å². The van der Waals surface area contributed by atoms with Crippen LogP contribution in [0.3, 0.4) is 0 Å². The van der Waals surface area contributed by atoms with Crippen LogP contribution in [0.5, 0.6) is 6.01 Å². The lowest BCUT2D eigenvalue weighted by Gasteiger charge is -2.47. The topological polar surface area (TPSA) is 98.1 Å². The van der Waals surface area contributed by atoms with Crippen molar-refractivity contribution in [1.82, 2.24) is 29.5 Å². The largest absolute Gasteiger partial charge is 0.462 e. The molecule has 2 unspecified atom stereocenters. The van der Waals surface area contributed by atoms with Gasteiger partial charge in [-0.3, -0.25) is 0 Å². The molecule has 8 rings (SSSR count). The van der Waals surface area contributed by atoms with Gasteiger partial charge in [0.1, 0.15) is 35.3 Å². The van der Waals surface area contributed by atoms with Crippen molar-refractivity contribution in [2.45, 2.75) is 84.1 Å². The van der Waals surface area contributed by atoms with Crippen LogP contribution in [-0.4, -0.2) is 100 Å². The normalized spacial score (nSPS) is 22.3. The Morgan fingerprint density at radius 1 is 1.08 bits per heavy atom. The van der Waals surface area contributed by atoms with Gasteiger partial charge in [0.2, 0.25) is 0 Å². The second-order valence-corrected chi connectivity index (χ2v) is 16.4. The number of hydrogen-bond donors (Lipinski definition) is 0. The summed E-state index contributed by atoms with van der Waals surface area (Å²) in [5, 5.41) is 6.62. The molecule has 51 heavy (non-hydrogen) atoms. The number of likely N-dealkylation sites (tertiary alicyclic amines) is 2. The molecular formula is C38H47ClFN7O4. The van der Waals surface area contributed by atoms with E-state index in [1.165, 1.54) is 0 Å². The van der Waals surface area contributed by atoms with Gasteiger partial charge in [0, 0.05) is 72.3 Å². The number of anilines is 1. The van der Waals surface area contributed by atoms with Crippen molar-refractivity contribution in [2.75, 3.05) is 57.9 Å². The molecule has 2 aromatic carbocycles. The summed E-state index contributed by atoms with van der Waals surface area (Å²) in [4.78, 5) is 28.6. The van der Waals surface area contributed by atoms with Crippen LogP contribution in [0.1, 0.15) is 71.1 Å². The lowest BCUT2D eigenvalue weighted by Crippen LogP contribution is -2.60. The highest BCUT2D eigenvalue weighted by atomic mass is 35.5. The number of carbonyl (C=O) groups is 1. The zero-order valence-corrected chi connectivity index (χ0v) is 30.9. The van der Waals surface area contributed by atoms with E-state index in [0.29, 0.717) is 61.7 Å². The number of nitrogens with zero attached hydrogens (tertiary/aromatic N) is 7. The SMILES string of the molecule is Cc1ccc2cn(C3CCCCO3)nc2c1-c1c(Cl)cc2c(N3CCC4(CN(C(=O)OC(C)(C)C)C4)C3)nc(OCC3CCCN3C)nc2c1F. The summed E-state index contributed by atoms with van der Waals surface area (Å²) in [5.41, 5.74) is 1.93. The van der Waals surface area contributed by atoms with E-state index in [2.05, 4.69) is 16.8 Å². The molecule has 4 aromatic rings. The van der Waals surface area contributed by atoms with Crippen molar-refractivity contribution in [2.24, 2.45) is 5.41 Å². The number of benzene rings is 2. The lowest BCUT2D eigenvalue weighted by molar-refractivity contribution is -0.0390. The number of fused-ring (bicyclic) bond motifs is 2. The van der Waals surface area contributed by atoms with E-state index >= 15 is 4.39 Å². The molecule has 1 amide bonds. The van der Waals surface area contributed by atoms with Crippen molar-refractivity contribution in [1.29, 1.82) is 0 Å². The van der Waals surface area contributed by atoms with Crippen LogP contribution in [0, 0.1) is 18.2 Å². The Balaban J connectivity index is 1.17. The smallest absolute Gasteiger partial charge is 0.410 e. The highest BCUT2D eigenvalue weighted by molar-refractivity contribution is 6.35. The Labute approximate surface area is 303 Å². The molecule has 1 spiro atoms. The highest BCUT2D eigenvalue weighted by Crippen LogP contribution is 2.46. The first-order chi connectivity index (χ1) is 24.4. The van der Waals surface area contributed by atoms with Gasteiger partial charge in [-0.2, -0.15) is 15.1 Å². The van der Waals surface area contributed by atoms with Crippen molar-refractivity contribution >= 4 is 45.3 Å². The minimum Gasteiger partial charge on any atom is -0.462 e.